The molecule has 0 bridgehead atoms. The highest BCUT2D eigenvalue weighted by molar-refractivity contribution is 5.81. The van der Waals surface area contributed by atoms with Crippen molar-refractivity contribution in [3.8, 4) is 0 Å². The molecule has 0 spiro atoms. The lowest BCUT2D eigenvalue weighted by Crippen LogP contribution is -2.51. The normalized spacial score (nSPS) is 24.1. The predicted molar refractivity (Wildman–Crippen MR) is 108 cm³/mol. The molecule has 0 radical (unpaired) electrons. The topological polar surface area (TPSA) is 65.5 Å². The Morgan fingerprint density at radius 1 is 1.00 bits per heavy atom. The predicted octanol–water partition coefficient (Wildman–Crippen LogP) is 1.85. The van der Waals surface area contributed by atoms with Crippen molar-refractivity contribution in [3.63, 3.8) is 0 Å². The number of nitrogens with one attached hydrogen (secondary N) is 1. The Hall–Kier alpha value is -1.95. The van der Waals surface area contributed by atoms with Crippen molar-refractivity contribution in [2.75, 3.05) is 32.7 Å². The van der Waals surface area contributed by atoms with Gasteiger partial charge in [0, 0.05) is 50.5 Å². The number of aromatic nitrogens is 1. The minimum atomic E-state index is 0.0947. The molecule has 6 nitrogen and oxygen atoms in total. The van der Waals surface area contributed by atoms with E-state index in [0.717, 1.165) is 71.1 Å². The molecule has 1 saturated carbocycles. The van der Waals surface area contributed by atoms with Gasteiger partial charge in [-0.05, 0) is 69.2 Å². The minimum Gasteiger partial charge on any atom is -0.355 e. The number of pyridine rings is 1. The van der Waals surface area contributed by atoms with Gasteiger partial charge >= 0.3 is 0 Å². The van der Waals surface area contributed by atoms with Gasteiger partial charge in [0.15, 0.2) is 0 Å². The van der Waals surface area contributed by atoms with Crippen molar-refractivity contribution in [1.82, 2.24) is 20.1 Å². The van der Waals surface area contributed by atoms with Gasteiger partial charge in [-0.15, -0.1) is 0 Å². The first-order chi connectivity index (χ1) is 13.7. The molecule has 4 rings (SSSR count). The summed E-state index contributed by atoms with van der Waals surface area (Å²) in [5.41, 5.74) is 1.20. The Kier molecular flexibility index (Phi) is 6.25. The van der Waals surface area contributed by atoms with Crippen molar-refractivity contribution in [3.05, 3.63) is 30.1 Å². The standard InChI is InChI=1S/C22H32N4O2/c27-21(24-12-7-17-5-10-23-11-6-17)19-2-1-13-26(16-19)20-8-14-25(15-9-20)22(28)18-3-4-18/h5-6,10-11,18-20H,1-4,7-9,12-16H2,(H,24,27). The van der Waals surface area contributed by atoms with Gasteiger partial charge < -0.3 is 10.2 Å². The van der Waals surface area contributed by atoms with Crippen LogP contribution in [0.25, 0.3) is 0 Å². The summed E-state index contributed by atoms with van der Waals surface area (Å²) in [7, 11) is 0. The number of hydrogen-bond acceptors (Lipinski definition) is 4. The van der Waals surface area contributed by atoms with Gasteiger partial charge in [0.1, 0.15) is 0 Å². The zero-order valence-electron chi connectivity index (χ0n) is 16.7. The molecule has 1 aromatic rings. The molecule has 1 aliphatic carbocycles. The molecular weight excluding hydrogens is 352 g/mol. The first-order valence-corrected chi connectivity index (χ1v) is 10.9. The molecule has 1 aromatic heterocycles. The molecule has 1 atom stereocenters. The molecule has 2 saturated heterocycles. The molecule has 1 N–H and O–H groups in total. The number of carbonyl (C=O) groups is 2. The zero-order chi connectivity index (χ0) is 19.3. The second-order valence-electron chi connectivity index (χ2n) is 8.56. The second-order valence-corrected chi connectivity index (χ2v) is 8.56. The Balaban J connectivity index is 1.20. The fraction of sp³-hybridized carbons (Fsp3) is 0.682. The lowest BCUT2D eigenvalue weighted by atomic mass is 9.93. The molecule has 28 heavy (non-hydrogen) atoms. The maximum Gasteiger partial charge on any atom is 0.225 e. The fourth-order valence-corrected chi connectivity index (χ4v) is 4.62. The van der Waals surface area contributed by atoms with Crippen LogP contribution in [0.15, 0.2) is 24.5 Å². The average molecular weight is 385 g/mol. The quantitative estimate of drug-likeness (QED) is 0.813. The summed E-state index contributed by atoms with van der Waals surface area (Å²) in [6.07, 6.45) is 10.8. The van der Waals surface area contributed by atoms with Crippen LogP contribution in [0.4, 0.5) is 0 Å². The van der Waals surface area contributed by atoms with Gasteiger partial charge in [0.25, 0.3) is 0 Å². The van der Waals surface area contributed by atoms with E-state index in [1.807, 2.05) is 12.1 Å². The Bertz CT molecular complexity index is 668. The highest BCUT2D eigenvalue weighted by atomic mass is 16.2. The first-order valence-electron chi connectivity index (χ1n) is 10.9. The van der Waals surface area contributed by atoms with E-state index in [9.17, 15) is 9.59 Å². The smallest absolute Gasteiger partial charge is 0.225 e. The van der Waals surface area contributed by atoms with Crippen LogP contribution in [0.3, 0.4) is 0 Å². The summed E-state index contributed by atoms with van der Waals surface area (Å²) in [6.45, 7) is 4.41. The zero-order valence-corrected chi connectivity index (χ0v) is 16.7. The van der Waals surface area contributed by atoms with Crippen LogP contribution in [-0.2, 0) is 16.0 Å². The maximum atomic E-state index is 12.6. The van der Waals surface area contributed by atoms with Crippen molar-refractivity contribution in [2.24, 2.45) is 11.8 Å². The Morgan fingerprint density at radius 3 is 2.46 bits per heavy atom. The SMILES string of the molecule is O=C(NCCc1ccncc1)C1CCCN(C2CCN(C(=O)C3CC3)CC2)C1. The van der Waals surface area contributed by atoms with Crippen LogP contribution in [0, 0.1) is 11.8 Å². The monoisotopic (exact) mass is 384 g/mol. The third-order valence-corrected chi connectivity index (χ3v) is 6.51. The highest BCUT2D eigenvalue weighted by Crippen LogP contribution is 2.32. The fourth-order valence-electron chi connectivity index (χ4n) is 4.62. The van der Waals surface area contributed by atoms with Gasteiger partial charge in [-0.1, -0.05) is 0 Å². The molecular formula is C22H32N4O2. The van der Waals surface area contributed by atoms with Crippen LogP contribution in [0.2, 0.25) is 0 Å². The van der Waals surface area contributed by atoms with E-state index < -0.39 is 0 Å². The number of likely N-dealkylation sites (tertiary alicyclic amines) is 2. The van der Waals surface area contributed by atoms with Gasteiger partial charge in [0.05, 0.1) is 5.92 Å². The number of amides is 2. The van der Waals surface area contributed by atoms with E-state index in [-0.39, 0.29) is 11.8 Å². The number of nitrogens with zero attached hydrogens (tertiary/aromatic N) is 3. The average Bonchev–Trinajstić information content (AvgIpc) is 3.60. The Labute approximate surface area is 167 Å². The lowest BCUT2D eigenvalue weighted by Gasteiger charge is -2.42. The molecule has 6 heteroatoms. The summed E-state index contributed by atoms with van der Waals surface area (Å²) in [5.74, 6) is 0.993. The van der Waals surface area contributed by atoms with E-state index in [0.29, 0.717) is 24.4 Å². The van der Waals surface area contributed by atoms with Gasteiger partial charge in [-0.25, -0.2) is 0 Å². The Morgan fingerprint density at radius 2 is 1.75 bits per heavy atom. The van der Waals surface area contributed by atoms with Crippen LogP contribution >= 0.6 is 0 Å². The van der Waals surface area contributed by atoms with Crippen molar-refractivity contribution in [1.29, 1.82) is 0 Å². The van der Waals surface area contributed by atoms with E-state index in [1.165, 1.54) is 5.56 Å². The second kappa shape index (κ2) is 9.03. The maximum absolute atomic E-state index is 12.6. The molecule has 0 aromatic carbocycles. The van der Waals surface area contributed by atoms with Crippen LogP contribution in [-0.4, -0.2) is 65.4 Å². The molecule has 3 heterocycles. The van der Waals surface area contributed by atoms with E-state index >= 15 is 0 Å². The van der Waals surface area contributed by atoms with Gasteiger partial charge in [-0.2, -0.15) is 0 Å². The number of carbonyl (C=O) groups excluding carboxylic acids is 2. The molecule has 1 unspecified atom stereocenters. The molecule has 3 fully saturated rings. The highest BCUT2D eigenvalue weighted by Gasteiger charge is 2.37. The van der Waals surface area contributed by atoms with Gasteiger partial charge in [0.2, 0.25) is 11.8 Å². The summed E-state index contributed by atoms with van der Waals surface area (Å²) < 4.78 is 0. The first kappa shape index (κ1) is 19.4. The third kappa shape index (κ3) is 4.90. The largest absolute Gasteiger partial charge is 0.355 e. The van der Waals surface area contributed by atoms with Gasteiger partial charge in [-0.3, -0.25) is 19.5 Å². The summed E-state index contributed by atoms with van der Waals surface area (Å²) >= 11 is 0. The van der Waals surface area contributed by atoms with E-state index in [1.54, 1.807) is 12.4 Å². The van der Waals surface area contributed by atoms with Crippen LogP contribution in [0.5, 0.6) is 0 Å². The third-order valence-electron chi connectivity index (χ3n) is 6.51. The summed E-state index contributed by atoms with van der Waals surface area (Å²) in [5, 5.41) is 3.13. The van der Waals surface area contributed by atoms with E-state index in [2.05, 4.69) is 20.1 Å². The lowest BCUT2D eigenvalue weighted by molar-refractivity contribution is -0.134. The van der Waals surface area contributed by atoms with Crippen LogP contribution < -0.4 is 5.32 Å². The van der Waals surface area contributed by atoms with Crippen molar-refractivity contribution < 1.29 is 9.59 Å². The van der Waals surface area contributed by atoms with Crippen molar-refractivity contribution >= 4 is 11.8 Å². The number of piperidine rings is 2. The van der Waals surface area contributed by atoms with E-state index in [4.69, 9.17) is 0 Å². The number of rotatable bonds is 6. The minimum absolute atomic E-state index is 0.0947. The van der Waals surface area contributed by atoms with Crippen LogP contribution in [0.1, 0.15) is 44.1 Å². The molecule has 3 aliphatic rings. The molecule has 2 aliphatic heterocycles. The molecule has 152 valence electrons. The summed E-state index contributed by atoms with van der Waals surface area (Å²) in [4.78, 5) is 33.5. The molecule has 2 amide bonds. The van der Waals surface area contributed by atoms with Crippen molar-refractivity contribution in [2.45, 2.75) is 51.0 Å². The number of hydrogen-bond donors (Lipinski definition) is 1. The summed E-state index contributed by atoms with van der Waals surface area (Å²) in [6, 6.07) is 4.51.